The van der Waals surface area contributed by atoms with Gasteiger partial charge < -0.3 is 10.1 Å². The number of anilines is 1. The molecule has 0 radical (unpaired) electrons. The second-order valence-corrected chi connectivity index (χ2v) is 8.68. The smallest absolute Gasteiger partial charge is 0.264 e. The minimum atomic E-state index is -3.88. The molecule has 0 saturated carbocycles. The maximum Gasteiger partial charge on any atom is 0.264 e. The standard InChI is InChI=1S/C19H21ClN2O4S/c1-3-13(2)21-19(23)18-12-22(16-6-4-5-7-17(16)26-18)27(24,25)15-10-8-14(20)9-11-15/h4-11,13,18H,3,12H2,1-2H3,(H,21,23)/t13-,18-/m1/s1. The summed E-state index contributed by atoms with van der Waals surface area (Å²) >= 11 is 5.87. The number of benzene rings is 2. The van der Waals surface area contributed by atoms with Crippen molar-refractivity contribution in [3.8, 4) is 5.75 Å². The number of carbonyl (C=O) groups excluding carboxylic acids is 1. The molecule has 0 bridgehead atoms. The molecule has 2 atom stereocenters. The third-order valence-electron chi connectivity index (χ3n) is 4.43. The van der Waals surface area contributed by atoms with Crippen molar-refractivity contribution in [1.29, 1.82) is 0 Å². The average Bonchev–Trinajstić information content (AvgIpc) is 2.67. The van der Waals surface area contributed by atoms with Crippen LogP contribution in [0.4, 0.5) is 5.69 Å². The van der Waals surface area contributed by atoms with Gasteiger partial charge in [0, 0.05) is 11.1 Å². The Morgan fingerprint density at radius 2 is 1.93 bits per heavy atom. The first-order valence-corrected chi connectivity index (χ1v) is 10.5. The molecule has 1 aliphatic rings. The van der Waals surface area contributed by atoms with Crippen LogP contribution in [0.2, 0.25) is 5.02 Å². The van der Waals surface area contributed by atoms with E-state index in [0.29, 0.717) is 16.5 Å². The predicted molar refractivity (Wildman–Crippen MR) is 105 cm³/mol. The third kappa shape index (κ3) is 4.04. The van der Waals surface area contributed by atoms with Gasteiger partial charge in [-0.2, -0.15) is 0 Å². The van der Waals surface area contributed by atoms with Crippen molar-refractivity contribution >= 4 is 33.2 Å². The molecule has 6 nitrogen and oxygen atoms in total. The van der Waals surface area contributed by atoms with Crippen molar-refractivity contribution in [3.05, 3.63) is 53.6 Å². The Balaban J connectivity index is 1.98. The summed E-state index contributed by atoms with van der Waals surface area (Å²) < 4.78 is 33.4. The number of nitrogens with one attached hydrogen (secondary N) is 1. The highest BCUT2D eigenvalue weighted by Gasteiger charge is 2.37. The van der Waals surface area contributed by atoms with Crippen LogP contribution >= 0.6 is 11.6 Å². The van der Waals surface area contributed by atoms with Gasteiger partial charge in [0.25, 0.3) is 15.9 Å². The fraction of sp³-hybridized carbons (Fsp3) is 0.316. The van der Waals surface area contributed by atoms with Crippen molar-refractivity contribution in [2.24, 2.45) is 0 Å². The van der Waals surface area contributed by atoms with E-state index in [2.05, 4.69) is 5.32 Å². The number of sulfonamides is 1. The van der Waals surface area contributed by atoms with Crippen LogP contribution in [0.15, 0.2) is 53.4 Å². The van der Waals surface area contributed by atoms with E-state index in [1.54, 1.807) is 24.3 Å². The predicted octanol–water partition coefficient (Wildman–Crippen LogP) is 3.21. The molecular formula is C19H21ClN2O4S. The lowest BCUT2D eigenvalue weighted by molar-refractivity contribution is -0.128. The van der Waals surface area contributed by atoms with E-state index in [4.69, 9.17) is 16.3 Å². The van der Waals surface area contributed by atoms with Crippen LogP contribution in [0.3, 0.4) is 0 Å². The van der Waals surface area contributed by atoms with Crippen LogP contribution in [0.1, 0.15) is 20.3 Å². The van der Waals surface area contributed by atoms with Gasteiger partial charge in [-0.05, 0) is 49.7 Å². The van der Waals surface area contributed by atoms with Crippen LogP contribution in [-0.4, -0.2) is 33.0 Å². The van der Waals surface area contributed by atoms with Crippen molar-refractivity contribution in [2.75, 3.05) is 10.8 Å². The summed E-state index contributed by atoms with van der Waals surface area (Å²) in [7, 11) is -3.88. The van der Waals surface area contributed by atoms with Gasteiger partial charge in [-0.1, -0.05) is 30.7 Å². The minimum Gasteiger partial charge on any atom is -0.476 e. The molecule has 0 aliphatic carbocycles. The molecule has 1 aliphatic heterocycles. The zero-order valence-corrected chi connectivity index (χ0v) is 16.6. The zero-order chi connectivity index (χ0) is 19.6. The Morgan fingerprint density at radius 3 is 2.59 bits per heavy atom. The summed E-state index contributed by atoms with van der Waals surface area (Å²) in [6, 6.07) is 12.7. The quantitative estimate of drug-likeness (QED) is 0.824. The minimum absolute atomic E-state index is 0.0282. The van der Waals surface area contributed by atoms with E-state index in [9.17, 15) is 13.2 Å². The van der Waals surface area contributed by atoms with E-state index >= 15 is 0 Å². The highest BCUT2D eigenvalue weighted by molar-refractivity contribution is 7.92. The lowest BCUT2D eigenvalue weighted by atomic mass is 10.2. The Hall–Kier alpha value is -2.25. The molecular weight excluding hydrogens is 388 g/mol. The van der Waals surface area contributed by atoms with Gasteiger partial charge in [0.15, 0.2) is 6.10 Å². The number of nitrogens with zero attached hydrogens (tertiary/aromatic N) is 1. The van der Waals surface area contributed by atoms with Gasteiger partial charge in [-0.3, -0.25) is 9.10 Å². The molecule has 0 spiro atoms. The van der Waals surface area contributed by atoms with E-state index in [-0.39, 0.29) is 23.4 Å². The fourth-order valence-corrected chi connectivity index (χ4v) is 4.34. The molecule has 27 heavy (non-hydrogen) atoms. The van der Waals surface area contributed by atoms with Crippen LogP contribution in [0.5, 0.6) is 5.75 Å². The second kappa shape index (κ2) is 7.78. The first kappa shape index (κ1) is 19.5. The van der Waals surface area contributed by atoms with Crippen molar-refractivity contribution in [1.82, 2.24) is 5.32 Å². The highest BCUT2D eigenvalue weighted by atomic mass is 35.5. The monoisotopic (exact) mass is 408 g/mol. The Bertz CT molecular complexity index is 931. The van der Waals surface area contributed by atoms with Crippen LogP contribution in [0.25, 0.3) is 0 Å². The fourth-order valence-electron chi connectivity index (χ4n) is 2.74. The molecule has 0 fully saturated rings. The number of para-hydroxylation sites is 2. The number of fused-ring (bicyclic) bond motifs is 1. The number of amides is 1. The molecule has 0 saturated heterocycles. The van der Waals surface area contributed by atoms with Gasteiger partial charge >= 0.3 is 0 Å². The van der Waals surface area contributed by atoms with Crippen molar-refractivity contribution in [3.63, 3.8) is 0 Å². The molecule has 1 heterocycles. The Kier molecular flexibility index (Phi) is 5.62. The number of hydrogen-bond acceptors (Lipinski definition) is 4. The second-order valence-electron chi connectivity index (χ2n) is 6.38. The summed E-state index contributed by atoms with van der Waals surface area (Å²) in [5.74, 6) is 0.0146. The first-order valence-electron chi connectivity index (χ1n) is 8.67. The first-order chi connectivity index (χ1) is 12.8. The van der Waals surface area contributed by atoms with Crippen molar-refractivity contribution in [2.45, 2.75) is 37.3 Å². The molecule has 0 unspecified atom stereocenters. The lowest BCUT2D eigenvalue weighted by Crippen LogP contribution is -2.52. The molecule has 2 aromatic carbocycles. The molecule has 8 heteroatoms. The largest absolute Gasteiger partial charge is 0.476 e. The number of halogens is 1. The molecule has 0 aromatic heterocycles. The highest BCUT2D eigenvalue weighted by Crippen LogP contribution is 2.36. The van der Waals surface area contributed by atoms with Gasteiger partial charge in [0.2, 0.25) is 0 Å². The Labute approximate surface area is 164 Å². The normalized spacial score (nSPS) is 17.6. The summed E-state index contributed by atoms with van der Waals surface area (Å²) in [5.41, 5.74) is 0.403. The summed E-state index contributed by atoms with van der Waals surface area (Å²) in [6.45, 7) is 3.74. The number of hydrogen-bond donors (Lipinski definition) is 1. The van der Waals surface area contributed by atoms with Crippen LogP contribution < -0.4 is 14.4 Å². The SMILES string of the molecule is CC[C@@H](C)NC(=O)[C@H]1CN(S(=O)(=O)c2ccc(Cl)cc2)c2ccccc2O1. The molecule has 144 valence electrons. The number of rotatable bonds is 5. The molecule has 1 N–H and O–H groups in total. The average molecular weight is 409 g/mol. The van der Waals surface area contributed by atoms with E-state index in [1.807, 2.05) is 13.8 Å². The van der Waals surface area contributed by atoms with Crippen molar-refractivity contribution < 1.29 is 17.9 Å². The molecule has 1 amide bonds. The summed E-state index contributed by atoms with van der Waals surface area (Å²) in [4.78, 5) is 12.7. The molecule has 2 aromatic rings. The zero-order valence-electron chi connectivity index (χ0n) is 15.1. The van der Waals surface area contributed by atoms with Gasteiger partial charge in [0.1, 0.15) is 5.75 Å². The maximum atomic E-state index is 13.2. The maximum absolute atomic E-state index is 13.2. The van der Waals surface area contributed by atoms with E-state index in [0.717, 1.165) is 6.42 Å². The lowest BCUT2D eigenvalue weighted by Gasteiger charge is -2.35. The van der Waals surface area contributed by atoms with Crippen LogP contribution in [-0.2, 0) is 14.8 Å². The number of ether oxygens (including phenoxy) is 1. The van der Waals surface area contributed by atoms with Gasteiger partial charge in [0.05, 0.1) is 17.1 Å². The molecule has 3 rings (SSSR count). The summed E-state index contributed by atoms with van der Waals surface area (Å²) in [6.07, 6.45) is -0.169. The topological polar surface area (TPSA) is 75.7 Å². The van der Waals surface area contributed by atoms with Gasteiger partial charge in [-0.15, -0.1) is 0 Å². The van der Waals surface area contributed by atoms with E-state index < -0.39 is 16.1 Å². The van der Waals surface area contributed by atoms with Gasteiger partial charge in [-0.25, -0.2) is 8.42 Å². The van der Waals surface area contributed by atoms with Crippen LogP contribution in [0, 0.1) is 0 Å². The Morgan fingerprint density at radius 1 is 1.26 bits per heavy atom. The summed E-state index contributed by atoms with van der Waals surface area (Å²) in [5, 5.41) is 3.29. The number of carbonyl (C=O) groups is 1. The van der Waals surface area contributed by atoms with E-state index in [1.165, 1.54) is 28.6 Å². The third-order valence-corrected chi connectivity index (χ3v) is 6.48.